The largest absolute Gasteiger partial charge is 0.205 e. The number of nitrogens with zero attached hydrogens (tertiary/aromatic N) is 1. The van der Waals surface area contributed by atoms with Gasteiger partial charge in [0, 0.05) is 0 Å². The summed E-state index contributed by atoms with van der Waals surface area (Å²) < 4.78 is 27.9. The molecule has 0 saturated heterocycles. The zero-order chi connectivity index (χ0) is 22.8. The SMILES string of the molecule is CCCCCCCCC1CCC(CCC2CCC(c3cc(F)c(C#N)c(F)c3)CC2)CC1. The maximum Gasteiger partial charge on any atom is 0.144 e. The summed E-state index contributed by atoms with van der Waals surface area (Å²) in [6, 6.07) is 4.39. The van der Waals surface area contributed by atoms with E-state index in [9.17, 15) is 8.78 Å². The van der Waals surface area contributed by atoms with Crippen LogP contribution in [0.15, 0.2) is 12.1 Å². The summed E-state index contributed by atoms with van der Waals surface area (Å²) in [4.78, 5) is 0. The van der Waals surface area contributed by atoms with Crippen molar-refractivity contribution in [1.29, 1.82) is 5.26 Å². The Morgan fingerprint density at radius 1 is 0.719 bits per heavy atom. The lowest BCUT2D eigenvalue weighted by Crippen LogP contribution is -2.18. The standard InChI is InChI=1S/C29H43F2N/c1-2-3-4-5-6-7-8-22-9-11-23(12-10-22)13-14-24-15-17-25(18-16-24)26-19-28(30)27(21-32)29(31)20-26/h19-20,22-25H,2-18H2,1H3. The lowest BCUT2D eigenvalue weighted by atomic mass is 9.74. The molecule has 0 radical (unpaired) electrons. The van der Waals surface area contributed by atoms with Crippen molar-refractivity contribution in [2.75, 3.05) is 0 Å². The molecule has 178 valence electrons. The van der Waals surface area contributed by atoms with Gasteiger partial charge in [0.1, 0.15) is 23.3 Å². The van der Waals surface area contributed by atoms with Crippen LogP contribution < -0.4 is 0 Å². The minimum Gasteiger partial charge on any atom is -0.205 e. The molecule has 3 rings (SSSR count). The van der Waals surface area contributed by atoms with Crippen LogP contribution in [-0.2, 0) is 0 Å². The minimum absolute atomic E-state index is 0.236. The molecule has 0 aliphatic heterocycles. The van der Waals surface area contributed by atoms with Crippen LogP contribution in [0.25, 0.3) is 0 Å². The summed E-state index contributed by atoms with van der Waals surface area (Å²) in [6.45, 7) is 2.28. The second-order valence-corrected chi connectivity index (χ2v) is 10.7. The number of unbranched alkanes of at least 4 members (excludes halogenated alkanes) is 5. The van der Waals surface area contributed by atoms with E-state index in [2.05, 4.69) is 6.92 Å². The van der Waals surface area contributed by atoms with Crippen LogP contribution in [0.5, 0.6) is 0 Å². The highest BCUT2D eigenvalue weighted by Gasteiger charge is 2.26. The van der Waals surface area contributed by atoms with E-state index in [4.69, 9.17) is 5.26 Å². The molecule has 0 amide bonds. The average molecular weight is 444 g/mol. The molecule has 2 saturated carbocycles. The van der Waals surface area contributed by atoms with Crippen molar-refractivity contribution in [3.8, 4) is 6.07 Å². The second-order valence-electron chi connectivity index (χ2n) is 10.7. The van der Waals surface area contributed by atoms with Crippen LogP contribution in [0.1, 0.15) is 133 Å². The Labute approximate surface area is 195 Å². The van der Waals surface area contributed by atoms with E-state index in [1.54, 1.807) is 6.07 Å². The highest BCUT2D eigenvalue weighted by molar-refractivity contribution is 5.36. The maximum atomic E-state index is 14.0. The van der Waals surface area contributed by atoms with Gasteiger partial charge in [-0.2, -0.15) is 5.26 Å². The first-order chi connectivity index (χ1) is 15.6. The Kier molecular flexibility index (Phi) is 10.5. The molecule has 0 aromatic heterocycles. The molecule has 0 heterocycles. The molecule has 32 heavy (non-hydrogen) atoms. The van der Waals surface area contributed by atoms with Crippen molar-refractivity contribution in [2.45, 2.75) is 122 Å². The first kappa shape index (κ1) is 25.2. The van der Waals surface area contributed by atoms with Crippen LogP contribution in [-0.4, -0.2) is 0 Å². The summed E-state index contributed by atoms with van der Waals surface area (Å²) in [6.07, 6.45) is 22.7. The van der Waals surface area contributed by atoms with Gasteiger partial charge in [0.2, 0.25) is 0 Å². The summed E-state index contributed by atoms with van der Waals surface area (Å²) in [5.41, 5.74) is 0.283. The normalized spacial score (nSPS) is 26.1. The number of benzene rings is 1. The molecule has 2 fully saturated rings. The van der Waals surface area contributed by atoms with Crippen molar-refractivity contribution >= 4 is 0 Å². The van der Waals surface area contributed by atoms with E-state index in [-0.39, 0.29) is 5.92 Å². The van der Waals surface area contributed by atoms with Crippen LogP contribution in [0.4, 0.5) is 8.78 Å². The van der Waals surface area contributed by atoms with Crippen LogP contribution in [0.2, 0.25) is 0 Å². The topological polar surface area (TPSA) is 23.8 Å². The van der Waals surface area contributed by atoms with Gasteiger partial charge in [0.25, 0.3) is 0 Å². The highest BCUT2D eigenvalue weighted by atomic mass is 19.1. The van der Waals surface area contributed by atoms with Crippen molar-refractivity contribution in [2.24, 2.45) is 17.8 Å². The Bertz CT molecular complexity index is 698. The smallest absolute Gasteiger partial charge is 0.144 e. The van der Waals surface area contributed by atoms with Crippen LogP contribution in [0, 0.1) is 40.7 Å². The average Bonchev–Trinajstić information content (AvgIpc) is 2.81. The molecule has 1 aromatic carbocycles. The fraction of sp³-hybridized carbons (Fsp3) is 0.759. The van der Waals surface area contributed by atoms with E-state index in [1.165, 1.54) is 108 Å². The van der Waals surface area contributed by atoms with Crippen molar-refractivity contribution in [3.63, 3.8) is 0 Å². The lowest BCUT2D eigenvalue weighted by Gasteiger charge is -2.32. The molecule has 0 bridgehead atoms. The van der Waals surface area contributed by atoms with E-state index in [0.29, 0.717) is 0 Å². The van der Waals surface area contributed by atoms with Crippen LogP contribution >= 0.6 is 0 Å². The lowest BCUT2D eigenvalue weighted by molar-refractivity contribution is 0.222. The predicted octanol–water partition coefficient (Wildman–Crippen LogP) is 9.45. The Balaban J connectivity index is 1.30. The third kappa shape index (κ3) is 7.57. The van der Waals surface area contributed by atoms with Crippen molar-refractivity contribution in [1.82, 2.24) is 0 Å². The number of halogens is 2. The predicted molar refractivity (Wildman–Crippen MR) is 128 cm³/mol. The number of rotatable bonds is 11. The molecular formula is C29H43F2N. The molecule has 1 aromatic rings. The van der Waals surface area contributed by atoms with E-state index in [0.717, 1.165) is 36.2 Å². The maximum absolute atomic E-state index is 14.0. The first-order valence-electron chi connectivity index (χ1n) is 13.5. The Hall–Kier alpha value is -1.43. The molecular weight excluding hydrogens is 400 g/mol. The third-order valence-electron chi connectivity index (χ3n) is 8.41. The number of nitriles is 1. The highest BCUT2D eigenvalue weighted by Crippen LogP contribution is 2.40. The van der Waals surface area contributed by atoms with Gasteiger partial charge in [0.05, 0.1) is 0 Å². The van der Waals surface area contributed by atoms with E-state index < -0.39 is 17.2 Å². The summed E-state index contributed by atoms with van der Waals surface area (Å²) in [7, 11) is 0. The first-order valence-corrected chi connectivity index (χ1v) is 13.5. The molecule has 2 aliphatic carbocycles. The van der Waals surface area contributed by atoms with Gasteiger partial charge in [-0.15, -0.1) is 0 Å². The quantitative estimate of drug-likeness (QED) is 0.312. The summed E-state index contributed by atoms with van der Waals surface area (Å²) in [5.74, 6) is 1.50. The fourth-order valence-corrected chi connectivity index (χ4v) is 6.21. The Morgan fingerprint density at radius 2 is 1.19 bits per heavy atom. The molecule has 1 nitrogen and oxygen atoms in total. The van der Waals surface area contributed by atoms with Gasteiger partial charge in [0.15, 0.2) is 0 Å². The minimum atomic E-state index is -0.711. The van der Waals surface area contributed by atoms with Gasteiger partial charge < -0.3 is 0 Å². The van der Waals surface area contributed by atoms with E-state index >= 15 is 0 Å². The van der Waals surface area contributed by atoms with Crippen LogP contribution in [0.3, 0.4) is 0 Å². The summed E-state index contributed by atoms with van der Waals surface area (Å²) in [5, 5.41) is 8.86. The van der Waals surface area contributed by atoms with Gasteiger partial charge >= 0.3 is 0 Å². The second kappa shape index (κ2) is 13.3. The molecule has 0 spiro atoms. The molecule has 3 heteroatoms. The van der Waals surface area contributed by atoms with Gasteiger partial charge in [-0.1, -0.05) is 90.4 Å². The van der Waals surface area contributed by atoms with Gasteiger partial charge in [-0.05, 0) is 67.1 Å². The number of hydrogen-bond acceptors (Lipinski definition) is 1. The van der Waals surface area contributed by atoms with Crippen molar-refractivity contribution in [3.05, 3.63) is 34.9 Å². The Morgan fingerprint density at radius 3 is 1.72 bits per heavy atom. The van der Waals surface area contributed by atoms with Gasteiger partial charge in [-0.3, -0.25) is 0 Å². The van der Waals surface area contributed by atoms with Gasteiger partial charge in [-0.25, -0.2) is 8.78 Å². The summed E-state index contributed by atoms with van der Waals surface area (Å²) >= 11 is 0. The molecule has 2 aliphatic rings. The number of hydrogen-bond donors (Lipinski definition) is 0. The van der Waals surface area contributed by atoms with E-state index in [1.807, 2.05) is 0 Å². The zero-order valence-corrected chi connectivity index (χ0v) is 20.2. The molecule has 0 unspecified atom stereocenters. The monoisotopic (exact) mass is 443 g/mol. The zero-order valence-electron chi connectivity index (χ0n) is 20.2. The molecule has 0 atom stereocenters. The third-order valence-corrected chi connectivity index (χ3v) is 8.41. The van der Waals surface area contributed by atoms with Crippen molar-refractivity contribution < 1.29 is 8.78 Å². The molecule has 0 N–H and O–H groups in total. The fourth-order valence-electron chi connectivity index (χ4n) is 6.21.